The Morgan fingerprint density at radius 1 is 0.882 bits per heavy atom. The molecule has 4 nitrogen and oxygen atoms in total. The average molecular weight is 273 g/mol. The van der Waals surface area contributed by atoms with Gasteiger partial charge in [-0.3, -0.25) is 0 Å². The Bertz CT molecular complexity index is 592. The molecule has 0 saturated carbocycles. The molecule has 0 radical (unpaired) electrons. The first-order valence-corrected chi connectivity index (χ1v) is 4.55. The molecule has 0 bridgehead atoms. The number of hydrogen-bond acceptors (Lipinski definition) is 4. The molecule has 2 aromatic rings. The standard InChI is InChI=1S/C12H8O4.Ni/c13-11(14)9-6-5-7-3-1-2-4-8(7)10(9)12(15)16;/h1-6H,(H,13,14)(H,15,16);/q;+2/p-2. The second-order valence-corrected chi connectivity index (χ2v) is 3.28. The summed E-state index contributed by atoms with van der Waals surface area (Å²) in [4.78, 5) is 21.7. The molecule has 0 heterocycles. The summed E-state index contributed by atoms with van der Waals surface area (Å²) in [5.41, 5.74) is -0.697. The molecular weight excluding hydrogens is 267 g/mol. The third kappa shape index (κ3) is 2.29. The quantitative estimate of drug-likeness (QED) is 0.695. The first-order chi connectivity index (χ1) is 7.61. The number of carboxylic acids is 2. The van der Waals surface area contributed by atoms with E-state index in [9.17, 15) is 19.8 Å². The first kappa shape index (κ1) is 13.2. The number of carbonyl (C=O) groups is 2. The molecule has 0 spiro atoms. The second kappa shape index (κ2) is 4.98. The van der Waals surface area contributed by atoms with Crippen molar-refractivity contribution in [2.45, 2.75) is 0 Å². The fraction of sp³-hybridized carbons (Fsp3) is 0. The van der Waals surface area contributed by atoms with Crippen LogP contribution in [0.4, 0.5) is 0 Å². The number of rotatable bonds is 2. The van der Waals surface area contributed by atoms with Gasteiger partial charge in [-0.15, -0.1) is 0 Å². The van der Waals surface area contributed by atoms with Crippen molar-refractivity contribution in [3.63, 3.8) is 0 Å². The maximum absolute atomic E-state index is 10.9. The Morgan fingerprint density at radius 2 is 1.53 bits per heavy atom. The molecular formula is C12H6NiO4. The van der Waals surface area contributed by atoms with Gasteiger partial charge >= 0.3 is 16.5 Å². The third-order valence-electron chi connectivity index (χ3n) is 2.35. The monoisotopic (exact) mass is 272 g/mol. The van der Waals surface area contributed by atoms with E-state index in [1.165, 1.54) is 18.2 Å². The van der Waals surface area contributed by atoms with Crippen molar-refractivity contribution >= 4 is 22.7 Å². The van der Waals surface area contributed by atoms with E-state index in [-0.39, 0.29) is 27.6 Å². The SMILES string of the molecule is O=C([O-])c1ccc2ccccc2c1C(=O)[O-].[Ni+2]. The van der Waals surface area contributed by atoms with Crippen LogP contribution in [-0.2, 0) is 16.5 Å². The summed E-state index contributed by atoms with van der Waals surface area (Å²) in [6.45, 7) is 0. The van der Waals surface area contributed by atoms with Gasteiger partial charge in [-0.2, -0.15) is 0 Å². The fourth-order valence-electron chi connectivity index (χ4n) is 1.66. The van der Waals surface area contributed by atoms with E-state index in [1.54, 1.807) is 18.2 Å². The van der Waals surface area contributed by atoms with Crippen LogP contribution in [0, 0.1) is 0 Å². The zero-order valence-electron chi connectivity index (χ0n) is 8.41. The van der Waals surface area contributed by atoms with Crippen LogP contribution in [0.5, 0.6) is 0 Å². The number of carbonyl (C=O) groups excluding carboxylic acids is 2. The zero-order chi connectivity index (χ0) is 11.7. The number of carboxylic acid groups (broad SMARTS) is 2. The Labute approximate surface area is 107 Å². The summed E-state index contributed by atoms with van der Waals surface area (Å²) in [5.74, 6) is -3.04. The molecule has 2 aromatic carbocycles. The van der Waals surface area contributed by atoms with Crippen LogP contribution in [0.1, 0.15) is 20.7 Å². The first-order valence-electron chi connectivity index (χ1n) is 4.55. The minimum absolute atomic E-state index is 0. The largest absolute Gasteiger partial charge is 2.00 e. The van der Waals surface area contributed by atoms with Gasteiger partial charge in [0.1, 0.15) is 0 Å². The normalized spacial score (nSPS) is 9.65. The van der Waals surface area contributed by atoms with Gasteiger partial charge in [-0.1, -0.05) is 36.4 Å². The van der Waals surface area contributed by atoms with E-state index < -0.39 is 11.9 Å². The molecule has 0 aliphatic heterocycles. The van der Waals surface area contributed by atoms with E-state index in [0.29, 0.717) is 10.8 Å². The number of benzene rings is 2. The van der Waals surface area contributed by atoms with Crippen LogP contribution in [0.25, 0.3) is 10.8 Å². The van der Waals surface area contributed by atoms with Gasteiger partial charge < -0.3 is 19.8 Å². The van der Waals surface area contributed by atoms with Crippen molar-refractivity contribution in [2.24, 2.45) is 0 Å². The van der Waals surface area contributed by atoms with Crippen LogP contribution in [0.3, 0.4) is 0 Å². The molecule has 0 fully saturated rings. The molecule has 0 aliphatic rings. The van der Waals surface area contributed by atoms with E-state index in [0.717, 1.165) is 0 Å². The van der Waals surface area contributed by atoms with Crippen molar-refractivity contribution in [3.8, 4) is 0 Å². The molecule has 2 rings (SSSR count). The summed E-state index contributed by atoms with van der Waals surface area (Å²) in [6, 6.07) is 9.34. The van der Waals surface area contributed by atoms with Crippen LogP contribution in [0.15, 0.2) is 36.4 Å². The van der Waals surface area contributed by atoms with Crippen LogP contribution in [-0.4, -0.2) is 11.9 Å². The summed E-state index contributed by atoms with van der Waals surface area (Å²) in [7, 11) is 0. The molecule has 5 heteroatoms. The molecule has 0 saturated heterocycles. The van der Waals surface area contributed by atoms with E-state index >= 15 is 0 Å². The van der Waals surface area contributed by atoms with Crippen LogP contribution >= 0.6 is 0 Å². The maximum atomic E-state index is 10.9. The summed E-state index contributed by atoms with van der Waals surface area (Å²) in [5, 5.41) is 22.7. The minimum atomic E-state index is -1.52. The predicted octanol–water partition coefficient (Wildman–Crippen LogP) is -0.436. The summed E-state index contributed by atoms with van der Waals surface area (Å²) < 4.78 is 0. The van der Waals surface area contributed by atoms with Gasteiger partial charge in [-0.05, 0) is 10.8 Å². The summed E-state index contributed by atoms with van der Waals surface area (Å²) >= 11 is 0. The molecule has 0 unspecified atom stereocenters. The Balaban J connectivity index is 0.00000144. The smallest absolute Gasteiger partial charge is 0.545 e. The van der Waals surface area contributed by atoms with Crippen LogP contribution < -0.4 is 10.2 Å². The molecule has 17 heavy (non-hydrogen) atoms. The van der Waals surface area contributed by atoms with Gasteiger partial charge in [0.25, 0.3) is 0 Å². The number of fused-ring (bicyclic) bond motifs is 1. The third-order valence-corrected chi connectivity index (χ3v) is 2.35. The van der Waals surface area contributed by atoms with E-state index in [2.05, 4.69) is 0 Å². The van der Waals surface area contributed by atoms with Crippen molar-refractivity contribution < 1.29 is 36.3 Å². The molecule has 0 atom stereocenters. The zero-order valence-corrected chi connectivity index (χ0v) is 9.40. The Hall–Kier alpha value is -1.87. The van der Waals surface area contributed by atoms with E-state index in [4.69, 9.17) is 0 Å². The topological polar surface area (TPSA) is 80.3 Å². The van der Waals surface area contributed by atoms with Gasteiger partial charge in [0.15, 0.2) is 0 Å². The Kier molecular flexibility index (Phi) is 3.86. The van der Waals surface area contributed by atoms with Crippen LogP contribution in [0.2, 0.25) is 0 Å². The number of aromatic carboxylic acids is 2. The molecule has 0 aliphatic carbocycles. The Morgan fingerprint density at radius 3 is 2.12 bits per heavy atom. The second-order valence-electron chi connectivity index (χ2n) is 3.28. The van der Waals surface area contributed by atoms with Gasteiger partial charge in [0.2, 0.25) is 0 Å². The molecule has 0 N–H and O–H groups in total. The van der Waals surface area contributed by atoms with Gasteiger partial charge in [0.05, 0.1) is 11.9 Å². The molecule has 88 valence electrons. The number of hydrogen-bond donors (Lipinski definition) is 0. The predicted molar refractivity (Wildman–Crippen MR) is 52.6 cm³/mol. The molecule has 0 aromatic heterocycles. The van der Waals surface area contributed by atoms with Crippen molar-refractivity contribution in [1.82, 2.24) is 0 Å². The summed E-state index contributed by atoms with van der Waals surface area (Å²) in [6.07, 6.45) is 0. The van der Waals surface area contributed by atoms with Gasteiger partial charge in [-0.25, -0.2) is 0 Å². The maximum Gasteiger partial charge on any atom is 2.00 e. The average Bonchev–Trinajstić information content (AvgIpc) is 2.27. The molecule has 0 amide bonds. The fourth-order valence-corrected chi connectivity index (χ4v) is 1.66. The van der Waals surface area contributed by atoms with Gasteiger partial charge in [0, 0.05) is 11.1 Å². The van der Waals surface area contributed by atoms with Crippen molar-refractivity contribution in [1.29, 1.82) is 0 Å². The minimum Gasteiger partial charge on any atom is -0.545 e. The van der Waals surface area contributed by atoms with Crippen molar-refractivity contribution in [2.75, 3.05) is 0 Å². The van der Waals surface area contributed by atoms with Crippen molar-refractivity contribution in [3.05, 3.63) is 47.5 Å². The van der Waals surface area contributed by atoms with E-state index in [1.807, 2.05) is 0 Å².